The summed E-state index contributed by atoms with van der Waals surface area (Å²) in [5, 5.41) is 51.7. The third-order valence-corrected chi connectivity index (χ3v) is 10.8. The standard InChI is InChI=1S/C46H59N7O12/c1-26(2)22-33(47)41(59)48-27(3)40(58)50-35(24-29-11-15-31(54)16-12-29)42(60)51-36(23-28-8-5-4-6-9-28)43(61)52-37(25-30-13-17-32(55)18-14-30)45(63)53-21-7-10-38(53)44(62)49-34(46(64)65)19-20-39(56)57/h4-6,8-9,11-18,26-27,33-38,54-55H,7,10,19-25,47H2,1-3H3,(H,48,59)(H,49,62)(H,50,58)(H,51,60)(H,52,61)(H,56,57)(H,64,65). The summed E-state index contributed by atoms with van der Waals surface area (Å²) in [5.41, 5.74) is 7.68. The van der Waals surface area contributed by atoms with E-state index in [1.807, 2.05) is 13.8 Å². The molecule has 1 saturated heterocycles. The number of carbonyl (C=O) groups is 8. The van der Waals surface area contributed by atoms with Gasteiger partial charge in [-0.05, 0) is 79.5 Å². The van der Waals surface area contributed by atoms with Crippen LogP contribution >= 0.6 is 0 Å². The quantitative estimate of drug-likeness (QED) is 0.0633. The number of aliphatic carboxylic acids is 2. The molecule has 65 heavy (non-hydrogen) atoms. The molecule has 1 aliphatic heterocycles. The van der Waals surface area contributed by atoms with E-state index < -0.39 is 103 Å². The van der Waals surface area contributed by atoms with Gasteiger partial charge in [-0.25, -0.2) is 4.79 Å². The van der Waals surface area contributed by atoms with Crippen molar-refractivity contribution in [3.05, 3.63) is 95.6 Å². The number of hydrogen-bond acceptors (Lipinski definition) is 11. The molecule has 0 saturated carbocycles. The minimum atomic E-state index is -1.54. The lowest BCUT2D eigenvalue weighted by molar-refractivity contribution is -0.145. The monoisotopic (exact) mass is 901 g/mol. The van der Waals surface area contributed by atoms with Crippen LogP contribution in [0.4, 0.5) is 0 Å². The van der Waals surface area contributed by atoms with Gasteiger partial charge >= 0.3 is 11.9 Å². The van der Waals surface area contributed by atoms with E-state index in [1.54, 1.807) is 42.5 Å². The smallest absolute Gasteiger partial charge is 0.326 e. The highest BCUT2D eigenvalue weighted by Gasteiger charge is 2.40. The Hall–Kier alpha value is -7.02. The maximum atomic E-state index is 14.5. The van der Waals surface area contributed by atoms with Gasteiger partial charge in [-0.2, -0.15) is 0 Å². The van der Waals surface area contributed by atoms with Gasteiger partial charge in [0, 0.05) is 32.2 Å². The molecule has 4 rings (SSSR count). The van der Waals surface area contributed by atoms with E-state index in [0.717, 1.165) is 0 Å². The Kier molecular flexibility index (Phi) is 18.8. The first-order valence-corrected chi connectivity index (χ1v) is 21.4. The number of carboxylic acids is 2. The van der Waals surface area contributed by atoms with Crippen molar-refractivity contribution in [2.75, 3.05) is 6.54 Å². The van der Waals surface area contributed by atoms with Gasteiger partial charge in [0.25, 0.3) is 0 Å². The van der Waals surface area contributed by atoms with Crippen LogP contribution in [0.15, 0.2) is 78.9 Å². The molecule has 1 heterocycles. The molecule has 19 nitrogen and oxygen atoms in total. The van der Waals surface area contributed by atoms with Gasteiger partial charge in [0.1, 0.15) is 47.8 Å². The third-order valence-electron chi connectivity index (χ3n) is 10.8. The lowest BCUT2D eigenvalue weighted by Gasteiger charge is -2.31. The highest BCUT2D eigenvalue weighted by atomic mass is 16.4. The van der Waals surface area contributed by atoms with Crippen molar-refractivity contribution in [1.82, 2.24) is 31.5 Å². The summed E-state index contributed by atoms with van der Waals surface area (Å²) in [4.78, 5) is 107. The molecule has 6 amide bonds. The van der Waals surface area contributed by atoms with Gasteiger partial charge < -0.3 is 57.6 Å². The molecule has 0 radical (unpaired) electrons. The summed E-state index contributed by atoms with van der Waals surface area (Å²) in [6.45, 7) is 5.29. The second-order valence-electron chi connectivity index (χ2n) is 16.6. The topological polar surface area (TPSA) is 307 Å². The van der Waals surface area contributed by atoms with Crippen molar-refractivity contribution < 1.29 is 58.8 Å². The number of benzene rings is 3. The first kappa shape index (κ1) is 50.6. The molecule has 0 spiro atoms. The summed E-state index contributed by atoms with van der Waals surface area (Å²) >= 11 is 0. The molecule has 7 atom stereocenters. The number of nitrogens with two attached hydrogens (primary N) is 1. The number of likely N-dealkylation sites (tertiary alicyclic amines) is 1. The normalized spacial score (nSPS) is 16.2. The maximum Gasteiger partial charge on any atom is 0.326 e. The van der Waals surface area contributed by atoms with Crippen LogP contribution in [0.3, 0.4) is 0 Å². The van der Waals surface area contributed by atoms with E-state index in [2.05, 4.69) is 26.6 Å². The van der Waals surface area contributed by atoms with E-state index in [9.17, 15) is 53.7 Å². The van der Waals surface area contributed by atoms with Gasteiger partial charge in [0.15, 0.2) is 0 Å². The molecule has 0 aliphatic carbocycles. The molecule has 3 aromatic rings. The summed E-state index contributed by atoms with van der Waals surface area (Å²) in [6.07, 6.45) is -0.377. The number of phenols is 2. The number of rotatable bonds is 23. The van der Waals surface area contributed by atoms with E-state index in [4.69, 9.17) is 10.8 Å². The Morgan fingerprint density at radius 2 is 1.12 bits per heavy atom. The fourth-order valence-corrected chi connectivity index (χ4v) is 7.34. The minimum Gasteiger partial charge on any atom is -0.508 e. The highest BCUT2D eigenvalue weighted by Crippen LogP contribution is 2.22. The van der Waals surface area contributed by atoms with Gasteiger partial charge in [-0.3, -0.25) is 33.6 Å². The van der Waals surface area contributed by atoms with Crippen molar-refractivity contribution in [2.24, 2.45) is 11.7 Å². The van der Waals surface area contributed by atoms with E-state index in [-0.39, 0.29) is 49.6 Å². The third kappa shape index (κ3) is 15.9. The number of nitrogens with one attached hydrogen (secondary N) is 5. The molecule has 11 N–H and O–H groups in total. The molecular weight excluding hydrogens is 843 g/mol. The molecule has 350 valence electrons. The summed E-state index contributed by atoms with van der Waals surface area (Å²) in [6, 6.07) is 11.7. The SMILES string of the molecule is CC(C)CC(N)C(=O)NC(C)C(=O)NC(Cc1ccc(O)cc1)C(=O)NC(Cc1ccccc1)C(=O)NC(Cc1ccc(O)cc1)C(=O)N1CCCC1C(=O)NC(CCC(=O)O)C(=O)O. The van der Waals surface area contributed by atoms with E-state index >= 15 is 0 Å². The summed E-state index contributed by atoms with van der Waals surface area (Å²) in [5.74, 6) is -7.10. The second-order valence-corrected chi connectivity index (χ2v) is 16.6. The van der Waals surface area contributed by atoms with Crippen LogP contribution in [0.5, 0.6) is 11.5 Å². The second kappa shape index (κ2) is 24.2. The summed E-state index contributed by atoms with van der Waals surface area (Å²) in [7, 11) is 0. The lowest BCUT2D eigenvalue weighted by Crippen LogP contribution is -2.60. The predicted octanol–water partition coefficient (Wildman–Crippen LogP) is 0.883. The summed E-state index contributed by atoms with van der Waals surface area (Å²) < 4.78 is 0. The van der Waals surface area contributed by atoms with Crippen molar-refractivity contribution in [1.29, 1.82) is 0 Å². The van der Waals surface area contributed by atoms with E-state index in [0.29, 0.717) is 29.5 Å². The van der Waals surface area contributed by atoms with Gasteiger partial charge in [-0.1, -0.05) is 68.4 Å². The van der Waals surface area contributed by atoms with Crippen LogP contribution in [0.2, 0.25) is 0 Å². The number of nitrogens with zero attached hydrogens (tertiary/aromatic N) is 1. The molecule has 1 aliphatic rings. The van der Waals surface area contributed by atoms with Crippen LogP contribution in [-0.2, 0) is 57.6 Å². The zero-order chi connectivity index (χ0) is 47.8. The number of aromatic hydroxyl groups is 2. The van der Waals surface area contributed by atoms with Crippen molar-refractivity contribution in [3.8, 4) is 11.5 Å². The van der Waals surface area contributed by atoms with E-state index in [1.165, 1.54) is 48.2 Å². The Morgan fingerprint density at radius 3 is 1.63 bits per heavy atom. The number of carboxylic acid groups (broad SMARTS) is 2. The molecule has 1 fully saturated rings. The Balaban J connectivity index is 1.63. The average molecular weight is 902 g/mol. The minimum absolute atomic E-state index is 0.0371. The Bertz CT molecular complexity index is 2140. The van der Waals surface area contributed by atoms with Crippen molar-refractivity contribution >= 4 is 47.4 Å². The van der Waals surface area contributed by atoms with Crippen LogP contribution in [-0.4, -0.2) is 122 Å². The molecule has 0 aromatic heterocycles. The zero-order valence-corrected chi connectivity index (χ0v) is 36.6. The number of amides is 6. The van der Waals surface area contributed by atoms with Gasteiger partial charge in [-0.15, -0.1) is 0 Å². The lowest BCUT2D eigenvalue weighted by atomic mass is 10.0. The largest absolute Gasteiger partial charge is 0.508 e. The van der Waals surface area contributed by atoms with Crippen LogP contribution < -0.4 is 32.3 Å². The predicted molar refractivity (Wildman–Crippen MR) is 236 cm³/mol. The fraction of sp³-hybridized carbons (Fsp3) is 0.435. The molecule has 7 unspecified atom stereocenters. The number of phenolic OH excluding ortho intramolecular Hbond substituents is 2. The molecule has 0 bridgehead atoms. The molecule has 3 aromatic carbocycles. The number of carbonyl (C=O) groups excluding carboxylic acids is 6. The van der Waals surface area contributed by atoms with Crippen LogP contribution in [0.25, 0.3) is 0 Å². The van der Waals surface area contributed by atoms with Crippen LogP contribution in [0.1, 0.15) is 69.6 Å². The van der Waals surface area contributed by atoms with Crippen molar-refractivity contribution in [3.63, 3.8) is 0 Å². The van der Waals surface area contributed by atoms with Gasteiger partial charge in [0.2, 0.25) is 35.4 Å². The Labute approximate surface area is 376 Å². The Morgan fingerprint density at radius 1 is 0.631 bits per heavy atom. The van der Waals surface area contributed by atoms with Crippen LogP contribution in [0, 0.1) is 5.92 Å². The maximum absolute atomic E-state index is 14.5. The zero-order valence-electron chi connectivity index (χ0n) is 36.6. The molecule has 19 heteroatoms. The molecular formula is C46H59N7O12. The highest BCUT2D eigenvalue weighted by molar-refractivity contribution is 5.97. The van der Waals surface area contributed by atoms with Gasteiger partial charge in [0.05, 0.1) is 6.04 Å². The number of hydrogen-bond donors (Lipinski definition) is 10. The first-order valence-electron chi connectivity index (χ1n) is 21.4. The average Bonchev–Trinajstić information content (AvgIpc) is 3.76. The fourth-order valence-electron chi connectivity index (χ4n) is 7.34. The first-order chi connectivity index (χ1) is 30.8. The van der Waals surface area contributed by atoms with Crippen molar-refractivity contribution in [2.45, 2.75) is 114 Å².